The van der Waals surface area contributed by atoms with Gasteiger partial charge in [-0.3, -0.25) is 10.1 Å². The first-order valence-corrected chi connectivity index (χ1v) is 8.64. The van der Waals surface area contributed by atoms with Crippen molar-refractivity contribution in [1.29, 1.82) is 0 Å². The van der Waals surface area contributed by atoms with Gasteiger partial charge >= 0.3 is 5.69 Å². The van der Waals surface area contributed by atoms with Gasteiger partial charge in [-0.1, -0.05) is 12.1 Å². The summed E-state index contributed by atoms with van der Waals surface area (Å²) in [6, 6.07) is 7.83. The number of aromatic nitrogens is 6. The van der Waals surface area contributed by atoms with Gasteiger partial charge in [-0.25, -0.2) is 18.4 Å². The van der Waals surface area contributed by atoms with Crippen LogP contribution in [0, 0.1) is 6.92 Å². The van der Waals surface area contributed by atoms with Crippen LogP contribution in [0.2, 0.25) is 0 Å². The Morgan fingerprint density at radius 2 is 2.18 bits per heavy atom. The number of benzene rings is 1. The monoisotopic (exact) mass is 379 g/mol. The van der Waals surface area contributed by atoms with E-state index in [0.29, 0.717) is 12.0 Å². The summed E-state index contributed by atoms with van der Waals surface area (Å²) in [7, 11) is 0. The van der Waals surface area contributed by atoms with E-state index in [0.717, 1.165) is 32.4 Å². The first-order valence-electron chi connectivity index (χ1n) is 8.64. The minimum Gasteiger partial charge on any atom is -0.327 e. The molecular formula is C19H18FN7O. The highest BCUT2D eigenvalue weighted by molar-refractivity contribution is 5.83. The van der Waals surface area contributed by atoms with E-state index in [-0.39, 0.29) is 24.4 Å². The first kappa shape index (κ1) is 17.8. The predicted octanol–water partition coefficient (Wildman–Crippen LogP) is 2.09. The third kappa shape index (κ3) is 3.12. The second-order valence-corrected chi connectivity index (χ2v) is 6.44. The van der Waals surface area contributed by atoms with Crippen LogP contribution in [-0.4, -0.2) is 36.1 Å². The molecule has 1 aromatic carbocycles. The normalized spacial score (nSPS) is 12.0. The summed E-state index contributed by atoms with van der Waals surface area (Å²) >= 11 is 0. The number of fused-ring (bicyclic) bond motifs is 1. The molecular weight excluding hydrogens is 361 g/mol. The summed E-state index contributed by atoms with van der Waals surface area (Å²) in [6.45, 7) is 1.92. The van der Waals surface area contributed by atoms with Crippen LogP contribution >= 0.6 is 0 Å². The number of rotatable bonds is 5. The fourth-order valence-electron chi connectivity index (χ4n) is 3.00. The summed E-state index contributed by atoms with van der Waals surface area (Å²) in [5.74, 6) is 0. The van der Waals surface area contributed by atoms with Gasteiger partial charge in [0, 0.05) is 17.5 Å². The number of hydrogen-bond donors (Lipinski definition) is 2. The minimum atomic E-state index is -0.385. The largest absolute Gasteiger partial charge is 0.350 e. The number of nitrogens with zero attached hydrogens (tertiary/aromatic N) is 5. The maximum atomic E-state index is 12.7. The van der Waals surface area contributed by atoms with Crippen LogP contribution in [0.1, 0.15) is 5.56 Å². The molecule has 0 fully saturated rings. The Labute approximate surface area is 159 Å². The van der Waals surface area contributed by atoms with Crippen molar-refractivity contribution in [2.45, 2.75) is 13.5 Å². The zero-order valence-corrected chi connectivity index (χ0v) is 15.1. The van der Waals surface area contributed by atoms with Crippen LogP contribution in [0.5, 0.6) is 0 Å². The molecule has 3 aromatic heterocycles. The summed E-state index contributed by atoms with van der Waals surface area (Å²) in [5, 5.41) is 12.0. The van der Waals surface area contributed by atoms with E-state index in [1.807, 2.05) is 31.2 Å². The third-order valence-electron chi connectivity index (χ3n) is 4.58. The first-order chi connectivity index (χ1) is 13.6. The summed E-state index contributed by atoms with van der Waals surface area (Å²) in [4.78, 5) is 17.1. The molecule has 8 nitrogen and oxygen atoms in total. The van der Waals surface area contributed by atoms with Gasteiger partial charge in [0.25, 0.3) is 0 Å². The Morgan fingerprint density at radius 3 is 2.93 bits per heavy atom. The second kappa shape index (κ2) is 7.20. The van der Waals surface area contributed by atoms with E-state index in [2.05, 4.69) is 20.3 Å². The molecule has 0 radical (unpaired) electrons. The molecule has 28 heavy (non-hydrogen) atoms. The van der Waals surface area contributed by atoms with Gasteiger partial charge in [0.15, 0.2) is 0 Å². The van der Waals surface area contributed by atoms with E-state index in [4.69, 9.17) is 5.73 Å². The van der Waals surface area contributed by atoms with Gasteiger partial charge < -0.3 is 5.73 Å². The zero-order valence-electron chi connectivity index (χ0n) is 15.1. The molecule has 0 amide bonds. The lowest BCUT2D eigenvalue weighted by Crippen LogP contribution is -2.26. The van der Waals surface area contributed by atoms with Crippen molar-refractivity contribution in [3.63, 3.8) is 0 Å². The molecule has 4 aromatic rings. The van der Waals surface area contributed by atoms with Crippen molar-refractivity contribution >= 4 is 10.9 Å². The third-order valence-corrected chi connectivity index (χ3v) is 4.58. The van der Waals surface area contributed by atoms with Crippen molar-refractivity contribution in [2.75, 3.05) is 6.54 Å². The smallest absolute Gasteiger partial charge is 0.327 e. The SMILES string of the molecule is Cc1cc(-c2ccc3cn[nH]c3c2)ncc1-n1cnn(C/C(=C/F)CN)c1=O. The van der Waals surface area contributed by atoms with Crippen LogP contribution in [0.4, 0.5) is 4.39 Å². The Bertz CT molecular complexity index is 1230. The minimum absolute atomic E-state index is 0.00753. The van der Waals surface area contributed by atoms with Crippen LogP contribution in [0.3, 0.4) is 0 Å². The average Bonchev–Trinajstić information content (AvgIpc) is 3.32. The van der Waals surface area contributed by atoms with Crippen molar-refractivity contribution in [1.82, 2.24) is 29.5 Å². The number of pyridine rings is 1. The lowest BCUT2D eigenvalue weighted by atomic mass is 10.1. The number of nitrogens with two attached hydrogens (primary N) is 1. The molecule has 0 saturated carbocycles. The van der Waals surface area contributed by atoms with E-state index < -0.39 is 0 Å². The molecule has 0 aliphatic rings. The number of aromatic amines is 1. The Balaban J connectivity index is 1.68. The van der Waals surface area contributed by atoms with Gasteiger partial charge in [-0.15, -0.1) is 0 Å². The second-order valence-electron chi connectivity index (χ2n) is 6.44. The van der Waals surface area contributed by atoms with Gasteiger partial charge in [-0.05, 0) is 30.2 Å². The topological polar surface area (TPSA) is 107 Å². The fourth-order valence-corrected chi connectivity index (χ4v) is 3.00. The van der Waals surface area contributed by atoms with Crippen molar-refractivity contribution in [3.8, 4) is 16.9 Å². The van der Waals surface area contributed by atoms with E-state index >= 15 is 0 Å². The number of hydrogen-bond acceptors (Lipinski definition) is 5. The lowest BCUT2D eigenvalue weighted by Gasteiger charge is -2.08. The highest BCUT2D eigenvalue weighted by Crippen LogP contribution is 2.24. The van der Waals surface area contributed by atoms with E-state index in [9.17, 15) is 9.18 Å². The van der Waals surface area contributed by atoms with Crippen LogP contribution < -0.4 is 11.4 Å². The Hall–Kier alpha value is -3.59. The van der Waals surface area contributed by atoms with Crippen LogP contribution in [0.15, 0.2) is 59.7 Å². The van der Waals surface area contributed by atoms with Gasteiger partial charge in [0.1, 0.15) is 6.33 Å². The van der Waals surface area contributed by atoms with Gasteiger partial charge in [-0.2, -0.15) is 10.2 Å². The van der Waals surface area contributed by atoms with E-state index in [1.165, 1.54) is 10.9 Å². The Morgan fingerprint density at radius 1 is 1.32 bits per heavy atom. The quantitative estimate of drug-likeness (QED) is 0.552. The Kier molecular flexibility index (Phi) is 4.58. The predicted molar refractivity (Wildman–Crippen MR) is 104 cm³/mol. The van der Waals surface area contributed by atoms with Gasteiger partial charge in [0.05, 0.1) is 42.2 Å². The number of aryl methyl sites for hydroxylation is 1. The van der Waals surface area contributed by atoms with Crippen molar-refractivity contribution in [2.24, 2.45) is 5.73 Å². The standard InChI is InChI=1S/C19H18FN7O/c1-12-4-16(14-2-3-15-8-23-25-17(15)5-14)22-9-18(12)26-11-24-27(19(26)28)10-13(6-20)7-21/h2-6,8-9,11H,7,10,21H2,1H3,(H,23,25)/b13-6+. The summed E-state index contributed by atoms with van der Waals surface area (Å²) in [5.41, 5.74) is 9.47. The summed E-state index contributed by atoms with van der Waals surface area (Å²) in [6.07, 6.45) is 5.20. The highest BCUT2D eigenvalue weighted by Gasteiger charge is 2.12. The molecule has 142 valence electrons. The maximum Gasteiger partial charge on any atom is 0.350 e. The lowest BCUT2D eigenvalue weighted by molar-refractivity contribution is 0.612. The van der Waals surface area contributed by atoms with Crippen molar-refractivity contribution < 1.29 is 4.39 Å². The number of halogens is 1. The highest BCUT2D eigenvalue weighted by atomic mass is 19.1. The van der Waals surface area contributed by atoms with E-state index in [1.54, 1.807) is 12.4 Å². The van der Waals surface area contributed by atoms with Gasteiger partial charge in [0.2, 0.25) is 0 Å². The van der Waals surface area contributed by atoms with Crippen LogP contribution in [0.25, 0.3) is 27.8 Å². The van der Waals surface area contributed by atoms with Crippen molar-refractivity contribution in [3.05, 3.63) is 70.9 Å². The molecule has 9 heteroatoms. The fraction of sp³-hybridized carbons (Fsp3) is 0.158. The number of H-pyrrole nitrogens is 1. The molecule has 0 aliphatic carbocycles. The zero-order chi connectivity index (χ0) is 19.7. The van der Waals surface area contributed by atoms with Crippen LogP contribution in [-0.2, 0) is 6.54 Å². The molecule has 3 N–H and O–H groups in total. The molecule has 0 spiro atoms. The molecule has 0 saturated heterocycles. The molecule has 0 aliphatic heterocycles. The molecule has 0 bridgehead atoms. The average molecular weight is 379 g/mol. The number of nitrogens with one attached hydrogen (secondary N) is 1. The maximum absolute atomic E-state index is 12.7. The summed E-state index contributed by atoms with van der Waals surface area (Å²) < 4.78 is 15.3. The molecule has 0 atom stereocenters. The molecule has 0 unspecified atom stereocenters. The molecule has 3 heterocycles. The molecule has 4 rings (SSSR count).